The van der Waals surface area contributed by atoms with Crippen LogP contribution in [0.4, 0.5) is 5.69 Å². The van der Waals surface area contributed by atoms with Crippen molar-refractivity contribution in [3.05, 3.63) is 89.7 Å². The van der Waals surface area contributed by atoms with Crippen molar-refractivity contribution in [1.29, 1.82) is 0 Å². The summed E-state index contributed by atoms with van der Waals surface area (Å²) in [6.07, 6.45) is 1.47. The van der Waals surface area contributed by atoms with Crippen LogP contribution >= 0.6 is 0 Å². The summed E-state index contributed by atoms with van der Waals surface area (Å²) in [5, 5.41) is 12.7. The molecule has 3 nitrogen and oxygen atoms in total. The van der Waals surface area contributed by atoms with Gasteiger partial charge in [-0.3, -0.25) is 9.79 Å². The topological polar surface area (TPSA) is 49.7 Å². The first-order chi connectivity index (χ1) is 13.7. The van der Waals surface area contributed by atoms with Crippen molar-refractivity contribution in [3.63, 3.8) is 0 Å². The number of aliphatic hydroxyl groups excluding tert-OH is 1. The number of allylic oxidation sites excluding steroid dienone is 2. The maximum Gasteiger partial charge on any atom is 0.168 e. The predicted octanol–water partition coefficient (Wildman–Crippen LogP) is 6.28. The van der Waals surface area contributed by atoms with Gasteiger partial charge >= 0.3 is 0 Å². The van der Waals surface area contributed by atoms with Gasteiger partial charge in [0.15, 0.2) is 5.78 Å². The van der Waals surface area contributed by atoms with E-state index in [1.807, 2.05) is 55.5 Å². The number of benzene rings is 3. The molecule has 3 heteroatoms. The van der Waals surface area contributed by atoms with Crippen LogP contribution in [-0.2, 0) is 4.79 Å². The Hall–Kier alpha value is -3.20. The number of carbonyl (C=O) groups is 1. The Bertz CT molecular complexity index is 1080. The second kappa shape index (κ2) is 7.81. The van der Waals surface area contributed by atoms with E-state index in [1.54, 1.807) is 0 Å². The molecule has 0 bridgehead atoms. The van der Waals surface area contributed by atoms with E-state index in [-0.39, 0.29) is 17.5 Å². The monoisotopic (exact) mass is 369 g/mol. The molecule has 0 amide bonds. The minimum atomic E-state index is -0.0287. The third-order valence-electron chi connectivity index (χ3n) is 5.33. The number of carbonyl (C=O) groups excluding carboxylic acids is 1. The minimum Gasteiger partial charge on any atom is -0.512 e. The number of ketones is 1. The Balaban J connectivity index is 1.78. The normalized spacial score (nSPS) is 20.5. The van der Waals surface area contributed by atoms with Gasteiger partial charge in [0.2, 0.25) is 0 Å². The first-order valence-electron chi connectivity index (χ1n) is 9.72. The lowest BCUT2D eigenvalue weighted by molar-refractivity contribution is -0.115. The average Bonchev–Trinajstić information content (AvgIpc) is 2.73. The molecule has 1 fully saturated rings. The fraction of sp³-hybridized carbons (Fsp3) is 0.200. The fourth-order valence-corrected chi connectivity index (χ4v) is 3.86. The van der Waals surface area contributed by atoms with Crippen molar-refractivity contribution < 1.29 is 9.90 Å². The van der Waals surface area contributed by atoms with Gasteiger partial charge in [0.1, 0.15) is 5.76 Å². The van der Waals surface area contributed by atoms with Gasteiger partial charge in [0.05, 0.1) is 17.0 Å². The molecule has 1 saturated carbocycles. The van der Waals surface area contributed by atoms with E-state index < -0.39 is 0 Å². The zero-order chi connectivity index (χ0) is 19.5. The van der Waals surface area contributed by atoms with Crippen LogP contribution in [0.25, 0.3) is 10.8 Å². The molecule has 0 radical (unpaired) electrons. The van der Waals surface area contributed by atoms with Crippen LogP contribution in [-0.4, -0.2) is 16.6 Å². The third-order valence-corrected chi connectivity index (χ3v) is 5.33. The Kier molecular flexibility index (Phi) is 5.07. The number of aliphatic hydroxyl groups is 1. The van der Waals surface area contributed by atoms with Crippen LogP contribution in [0.2, 0.25) is 0 Å². The second-order valence-electron chi connectivity index (χ2n) is 7.20. The van der Waals surface area contributed by atoms with Gasteiger partial charge in [-0.15, -0.1) is 0 Å². The van der Waals surface area contributed by atoms with Crippen LogP contribution < -0.4 is 0 Å². The largest absolute Gasteiger partial charge is 0.512 e. The number of fused-ring (bicyclic) bond motifs is 1. The molecule has 1 N–H and O–H groups in total. The SMILES string of the molecule is CC/C(O)=C1/C(=O)CC(c2ccccc2)CC1=Nc1ccc2ccccc2c1. The van der Waals surface area contributed by atoms with E-state index in [0.29, 0.717) is 30.5 Å². The molecular weight excluding hydrogens is 346 g/mol. The van der Waals surface area contributed by atoms with Gasteiger partial charge < -0.3 is 5.11 Å². The molecule has 3 aromatic rings. The summed E-state index contributed by atoms with van der Waals surface area (Å²) >= 11 is 0. The Morgan fingerprint density at radius 3 is 2.43 bits per heavy atom. The van der Waals surface area contributed by atoms with Gasteiger partial charge in [0, 0.05) is 12.8 Å². The Morgan fingerprint density at radius 1 is 0.964 bits per heavy atom. The molecule has 0 aliphatic heterocycles. The van der Waals surface area contributed by atoms with Gasteiger partial charge in [-0.25, -0.2) is 0 Å². The van der Waals surface area contributed by atoms with Crippen LogP contribution in [0, 0.1) is 0 Å². The van der Waals surface area contributed by atoms with E-state index in [9.17, 15) is 9.90 Å². The zero-order valence-corrected chi connectivity index (χ0v) is 15.9. The van der Waals surface area contributed by atoms with Gasteiger partial charge in [-0.2, -0.15) is 0 Å². The summed E-state index contributed by atoms with van der Waals surface area (Å²) in [7, 11) is 0. The van der Waals surface area contributed by atoms with E-state index in [0.717, 1.165) is 22.0 Å². The third kappa shape index (κ3) is 3.61. The van der Waals surface area contributed by atoms with E-state index in [4.69, 9.17) is 4.99 Å². The smallest absolute Gasteiger partial charge is 0.168 e. The maximum absolute atomic E-state index is 12.9. The van der Waals surface area contributed by atoms with E-state index in [1.165, 1.54) is 0 Å². The number of rotatable bonds is 3. The summed E-state index contributed by atoms with van der Waals surface area (Å²) in [6, 6.07) is 24.2. The molecule has 3 aromatic carbocycles. The van der Waals surface area contributed by atoms with Crippen molar-refractivity contribution >= 4 is 28.0 Å². The van der Waals surface area contributed by atoms with Crippen molar-refractivity contribution in [3.8, 4) is 0 Å². The summed E-state index contributed by atoms with van der Waals surface area (Å²) in [5.41, 5.74) is 3.02. The zero-order valence-electron chi connectivity index (χ0n) is 15.9. The molecular formula is C25H23NO2. The maximum atomic E-state index is 12.9. The Morgan fingerprint density at radius 2 is 1.68 bits per heavy atom. The lowest BCUT2D eigenvalue weighted by Gasteiger charge is -2.25. The van der Waals surface area contributed by atoms with Crippen LogP contribution in [0.5, 0.6) is 0 Å². The highest BCUT2D eigenvalue weighted by Gasteiger charge is 2.32. The number of hydrogen-bond donors (Lipinski definition) is 1. The van der Waals surface area contributed by atoms with Gasteiger partial charge in [-0.05, 0) is 40.8 Å². The van der Waals surface area contributed by atoms with E-state index in [2.05, 4.69) is 24.3 Å². The first-order valence-corrected chi connectivity index (χ1v) is 9.72. The van der Waals surface area contributed by atoms with Crippen molar-refractivity contribution in [2.24, 2.45) is 4.99 Å². The van der Waals surface area contributed by atoms with E-state index >= 15 is 0 Å². The summed E-state index contributed by atoms with van der Waals surface area (Å²) in [5.74, 6) is 0.191. The molecule has 0 saturated heterocycles. The highest BCUT2D eigenvalue weighted by atomic mass is 16.3. The summed E-state index contributed by atoms with van der Waals surface area (Å²) < 4.78 is 0. The minimum absolute atomic E-state index is 0.0287. The molecule has 0 spiro atoms. The molecule has 0 aromatic heterocycles. The number of Topliss-reactive ketones (excluding diaryl/α,β-unsaturated/α-hetero) is 1. The molecule has 1 atom stereocenters. The standard InChI is InChI=1S/C25H23NO2/c1-2-23(27)25-22(15-20(16-24(25)28)17-8-4-3-5-9-17)26-21-13-12-18-10-6-7-11-19(18)14-21/h3-14,20,27H,2,15-16H2,1H3/b25-23-,26-22?. The van der Waals surface area contributed by atoms with Crippen molar-refractivity contribution in [1.82, 2.24) is 0 Å². The molecule has 28 heavy (non-hydrogen) atoms. The van der Waals surface area contributed by atoms with Crippen molar-refractivity contribution in [2.45, 2.75) is 32.1 Å². The molecule has 1 aliphatic carbocycles. The first kappa shape index (κ1) is 18.2. The number of nitrogens with zero attached hydrogens (tertiary/aromatic N) is 1. The van der Waals surface area contributed by atoms with Gasteiger partial charge in [0.25, 0.3) is 0 Å². The molecule has 0 heterocycles. The quantitative estimate of drug-likeness (QED) is 0.436. The number of hydrogen-bond acceptors (Lipinski definition) is 3. The second-order valence-corrected chi connectivity index (χ2v) is 7.20. The van der Waals surface area contributed by atoms with Crippen molar-refractivity contribution in [2.75, 3.05) is 0 Å². The average molecular weight is 369 g/mol. The molecule has 140 valence electrons. The van der Waals surface area contributed by atoms with Crippen LogP contribution in [0.3, 0.4) is 0 Å². The Labute approximate surface area is 165 Å². The predicted molar refractivity (Wildman–Crippen MR) is 114 cm³/mol. The highest BCUT2D eigenvalue weighted by Crippen LogP contribution is 2.35. The van der Waals surface area contributed by atoms with Gasteiger partial charge in [-0.1, -0.05) is 67.6 Å². The number of aliphatic imine (C=N–C) groups is 1. The molecule has 1 unspecified atom stereocenters. The van der Waals surface area contributed by atoms with Crippen LogP contribution in [0.1, 0.15) is 37.7 Å². The lowest BCUT2D eigenvalue weighted by atomic mass is 9.79. The lowest BCUT2D eigenvalue weighted by Crippen LogP contribution is -2.26. The molecule has 1 aliphatic rings. The molecule has 4 rings (SSSR count). The summed E-state index contributed by atoms with van der Waals surface area (Å²) in [4.78, 5) is 17.7. The fourth-order valence-electron chi connectivity index (χ4n) is 3.86. The highest BCUT2D eigenvalue weighted by molar-refractivity contribution is 6.25. The van der Waals surface area contributed by atoms with Crippen LogP contribution in [0.15, 0.2) is 89.1 Å². The summed E-state index contributed by atoms with van der Waals surface area (Å²) in [6.45, 7) is 1.85.